The minimum Gasteiger partial charge on any atom is -0.405 e. The normalized spacial score (nSPS) is 13.6. The molecular formula is C24H26N2O4+2. The summed E-state index contributed by atoms with van der Waals surface area (Å²) in [5.74, 6) is -0.595. The van der Waals surface area contributed by atoms with Gasteiger partial charge in [0.15, 0.2) is 24.8 Å². The van der Waals surface area contributed by atoms with Crippen LogP contribution in [0.15, 0.2) is 43.0 Å². The van der Waals surface area contributed by atoms with E-state index < -0.39 is 0 Å². The third kappa shape index (κ3) is 3.32. The molecule has 2 heterocycles. The third-order valence-electron chi connectivity index (χ3n) is 5.74. The fraction of sp³-hybridized carbons (Fsp3) is 0.333. The average molecular weight is 406 g/mol. The smallest absolute Gasteiger partial charge is 0.307 e. The van der Waals surface area contributed by atoms with Crippen LogP contribution in [0.5, 0.6) is 0 Å². The Morgan fingerprint density at radius 3 is 2.23 bits per heavy atom. The molecule has 4 rings (SSSR count). The standard InChI is InChI=1S/C24H26N2O4/c1-15-10-26(14-30-17(3)28)11-18-6-7-20-19-8-9-25(13-29-16(2)27)12-21(19)24(4,5)23(20)22(15)18/h6-12H,13-14H2,1-5H3/q+2. The van der Waals surface area contributed by atoms with Crippen molar-refractivity contribution in [3.05, 3.63) is 59.7 Å². The average Bonchev–Trinajstić information content (AvgIpc) is 2.91. The fourth-order valence-electron chi connectivity index (χ4n) is 4.45. The Kier molecular flexibility index (Phi) is 4.80. The van der Waals surface area contributed by atoms with Gasteiger partial charge in [0, 0.05) is 47.2 Å². The topological polar surface area (TPSA) is 60.4 Å². The molecular weight excluding hydrogens is 380 g/mol. The summed E-state index contributed by atoms with van der Waals surface area (Å²) in [4.78, 5) is 22.4. The van der Waals surface area contributed by atoms with E-state index in [1.165, 1.54) is 41.5 Å². The van der Waals surface area contributed by atoms with Gasteiger partial charge in [0.2, 0.25) is 0 Å². The molecule has 0 spiro atoms. The zero-order valence-electron chi connectivity index (χ0n) is 18.0. The van der Waals surface area contributed by atoms with Crippen molar-refractivity contribution in [1.29, 1.82) is 0 Å². The van der Waals surface area contributed by atoms with Crippen molar-refractivity contribution in [1.82, 2.24) is 0 Å². The van der Waals surface area contributed by atoms with Crippen LogP contribution in [0.3, 0.4) is 0 Å². The molecule has 30 heavy (non-hydrogen) atoms. The lowest BCUT2D eigenvalue weighted by molar-refractivity contribution is -0.727. The Hall–Kier alpha value is -3.28. The van der Waals surface area contributed by atoms with E-state index >= 15 is 0 Å². The highest BCUT2D eigenvalue weighted by Crippen LogP contribution is 2.51. The number of benzene rings is 1. The second-order valence-corrected chi connectivity index (χ2v) is 8.35. The highest BCUT2D eigenvalue weighted by atomic mass is 16.5. The molecule has 0 bridgehead atoms. The number of pyridine rings is 2. The predicted octanol–water partition coefficient (Wildman–Crippen LogP) is 3.07. The summed E-state index contributed by atoms with van der Waals surface area (Å²) in [6, 6.07) is 6.38. The number of aromatic nitrogens is 2. The van der Waals surface area contributed by atoms with Crippen LogP contribution >= 0.6 is 0 Å². The van der Waals surface area contributed by atoms with Crippen molar-refractivity contribution in [2.45, 2.75) is 53.5 Å². The maximum atomic E-state index is 11.2. The Morgan fingerprint density at radius 1 is 0.900 bits per heavy atom. The number of esters is 2. The first-order valence-corrected chi connectivity index (χ1v) is 9.96. The first-order chi connectivity index (χ1) is 14.2. The van der Waals surface area contributed by atoms with E-state index in [0.717, 1.165) is 10.9 Å². The molecule has 1 aromatic carbocycles. The van der Waals surface area contributed by atoms with Crippen molar-refractivity contribution in [3.8, 4) is 11.1 Å². The van der Waals surface area contributed by atoms with Gasteiger partial charge in [0.25, 0.3) is 13.5 Å². The van der Waals surface area contributed by atoms with Gasteiger partial charge in [-0.3, -0.25) is 9.59 Å². The number of carbonyl (C=O) groups is 2. The van der Waals surface area contributed by atoms with Gasteiger partial charge >= 0.3 is 11.9 Å². The van der Waals surface area contributed by atoms with Crippen LogP contribution in [0, 0.1) is 6.92 Å². The molecule has 2 aromatic heterocycles. The minimum atomic E-state index is -0.298. The van der Waals surface area contributed by atoms with Crippen LogP contribution in [-0.2, 0) is 37.9 Å². The van der Waals surface area contributed by atoms with E-state index in [1.807, 2.05) is 27.7 Å². The Bertz CT molecular complexity index is 1200. The Balaban J connectivity index is 1.83. The first-order valence-electron chi connectivity index (χ1n) is 9.96. The molecule has 0 fully saturated rings. The summed E-state index contributed by atoms with van der Waals surface area (Å²) in [5.41, 5.74) is 5.84. The molecule has 1 aliphatic rings. The zero-order chi connectivity index (χ0) is 21.6. The molecule has 0 radical (unpaired) electrons. The maximum Gasteiger partial charge on any atom is 0.307 e. The summed E-state index contributed by atoms with van der Waals surface area (Å²) in [6.07, 6.45) is 8.06. The molecule has 0 atom stereocenters. The number of nitrogens with zero attached hydrogens (tertiary/aromatic N) is 2. The van der Waals surface area contributed by atoms with Crippen molar-refractivity contribution >= 4 is 22.7 Å². The van der Waals surface area contributed by atoms with Gasteiger partial charge in [0.05, 0.1) is 0 Å². The number of aryl methyl sites for hydroxylation is 1. The molecule has 0 unspecified atom stereocenters. The summed E-state index contributed by atoms with van der Waals surface area (Å²) < 4.78 is 14.1. The molecule has 0 aliphatic heterocycles. The van der Waals surface area contributed by atoms with E-state index in [4.69, 9.17) is 9.47 Å². The van der Waals surface area contributed by atoms with Gasteiger partial charge in [-0.15, -0.1) is 0 Å². The van der Waals surface area contributed by atoms with Gasteiger partial charge in [-0.2, -0.15) is 9.13 Å². The summed E-state index contributed by atoms with van der Waals surface area (Å²) >= 11 is 0. The van der Waals surface area contributed by atoms with Crippen molar-refractivity contribution in [2.75, 3.05) is 0 Å². The molecule has 3 aromatic rings. The van der Waals surface area contributed by atoms with Crippen LogP contribution in [0.25, 0.3) is 21.9 Å². The zero-order valence-corrected chi connectivity index (χ0v) is 18.0. The largest absolute Gasteiger partial charge is 0.405 e. The van der Waals surface area contributed by atoms with Gasteiger partial charge in [-0.1, -0.05) is 19.9 Å². The SMILES string of the molecule is CC(=O)OC[n+]1ccc2c(c1)C(C)(C)c1c-2ccc2c[n+](COC(C)=O)cc(C)c12. The molecule has 6 nitrogen and oxygen atoms in total. The van der Waals surface area contributed by atoms with Crippen molar-refractivity contribution < 1.29 is 28.2 Å². The van der Waals surface area contributed by atoms with E-state index in [0.29, 0.717) is 0 Å². The summed E-state index contributed by atoms with van der Waals surface area (Å²) in [6.45, 7) is 9.77. The second-order valence-electron chi connectivity index (χ2n) is 8.35. The van der Waals surface area contributed by atoms with Crippen LogP contribution in [0.2, 0.25) is 0 Å². The molecule has 0 N–H and O–H groups in total. The van der Waals surface area contributed by atoms with E-state index in [1.54, 1.807) is 0 Å². The molecule has 0 saturated carbocycles. The maximum absolute atomic E-state index is 11.2. The molecule has 0 saturated heterocycles. The summed E-state index contributed by atoms with van der Waals surface area (Å²) in [7, 11) is 0. The molecule has 154 valence electrons. The van der Waals surface area contributed by atoms with Crippen molar-refractivity contribution in [2.24, 2.45) is 0 Å². The number of ether oxygens (including phenoxy) is 2. The van der Waals surface area contributed by atoms with E-state index in [-0.39, 0.29) is 30.8 Å². The monoisotopic (exact) mass is 406 g/mol. The van der Waals surface area contributed by atoms with Gasteiger partial charge in [-0.25, -0.2) is 0 Å². The van der Waals surface area contributed by atoms with Crippen LogP contribution in [0.4, 0.5) is 0 Å². The summed E-state index contributed by atoms with van der Waals surface area (Å²) in [5, 5.41) is 2.33. The number of fused-ring (bicyclic) bond motifs is 5. The highest BCUT2D eigenvalue weighted by molar-refractivity contribution is 5.98. The number of carbonyl (C=O) groups excluding carboxylic acids is 2. The van der Waals surface area contributed by atoms with Gasteiger partial charge < -0.3 is 9.47 Å². The number of hydrogen-bond acceptors (Lipinski definition) is 4. The second kappa shape index (κ2) is 7.20. The molecule has 0 amide bonds. The first kappa shape index (κ1) is 20.0. The lowest BCUT2D eigenvalue weighted by Crippen LogP contribution is -2.37. The fourth-order valence-corrected chi connectivity index (χ4v) is 4.45. The minimum absolute atomic E-state index is 0.197. The Morgan fingerprint density at radius 2 is 1.57 bits per heavy atom. The number of rotatable bonds is 4. The Labute approximate surface area is 175 Å². The van der Waals surface area contributed by atoms with E-state index in [2.05, 4.69) is 45.2 Å². The van der Waals surface area contributed by atoms with Crippen molar-refractivity contribution in [3.63, 3.8) is 0 Å². The third-order valence-corrected chi connectivity index (χ3v) is 5.74. The van der Waals surface area contributed by atoms with E-state index in [9.17, 15) is 9.59 Å². The number of hydrogen-bond donors (Lipinski definition) is 0. The van der Waals surface area contributed by atoms with Crippen LogP contribution in [0.1, 0.15) is 44.4 Å². The van der Waals surface area contributed by atoms with Gasteiger partial charge in [0.1, 0.15) is 0 Å². The molecule has 6 heteroatoms. The quantitative estimate of drug-likeness (QED) is 0.494. The lowest BCUT2D eigenvalue weighted by atomic mass is 9.80. The lowest BCUT2D eigenvalue weighted by Gasteiger charge is -2.22. The van der Waals surface area contributed by atoms with Crippen LogP contribution in [-0.4, -0.2) is 11.9 Å². The molecule has 1 aliphatic carbocycles. The van der Waals surface area contributed by atoms with Gasteiger partial charge in [-0.05, 0) is 29.7 Å². The van der Waals surface area contributed by atoms with Crippen LogP contribution < -0.4 is 9.13 Å². The predicted molar refractivity (Wildman–Crippen MR) is 110 cm³/mol. The highest BCUT2D eigenvalue weighted by Gasteiger charge is 2.39.